The molecule has 1 amide bonds. The smallest absolute Gasteiger partial charge is 0.272 e. The highest BCUT2D eigenvalue weighted by Gasteiger charge is 2.13. The molecule has 2 aromatic heterocycles. The van der Waals surface area contributed by atoms with Gasteiger partial charge in [-0.05, 0) is 26.0 Å². The van der Waals surface area contributed by atoms with E-state index in [2.05, 4.69) is 15.5 Å². The molecule has 0 aliphatic carbocycles. The van der Waals surface area contributed by atoms with Crippen LogP contribution >= 0.6 is 11.6 Å². The molecule has 3 aromatic rings. The van der Waals surface area contributed by atoms with Gasteiger partial charge in [-0.15, -0.1) is 0 Å². The van der Waals surface area contributed by atoms with Gasteiger partial charge in [-0.3, -0.25) is 19.6 Å². The average molecular weight is 419 g/mol. The third-order valence-electron chi connectivity index (χ3n) is 4.30. The normalized spacial score (nSPS) is 10.7. The molecule has 0 saturated heterocycles. The number of aromatic nitrogens is 4. The van der Waals surface area contributed by atoms with E-state index in [9.17, 15) is 14.9 Å². The lowest BCUT2D eigenvalue weighted by Gasteiger charge is -2.08. The van der Waals surface area contributed by atoms with Crippen molar-refractivity contribution < 1.29 is 14.5 Å². The minimum absolute atomic E-state index is 0.00676. The monoisotopic (exact) mass is 418 g/mol. The highest BCUT2D eigenvalue weighted by molar-refractivity contribution is 6.32. The van der Waals surface area contributed by atoms with E-state index < -0.39 is 4.92 Å². The van der Waals surface area contributed by atoms with Crippen molar-refractivity contribution in [3.05, 3.63) is 68.7 Å². The summed E-state index contributed by atoms with van der Waals surface area (Å²) in [5.74, 6) is -0.0389. The van der Waals surface area contributed by atoms with Crippen LogP contribution in [0.3, 0.4) is 0 Å². The maximum absolute atomic E-state index is 12.3. The van der Waals surface area contributed by atoms with E-state index in [0.717, 1.165) is 17.8 Å². The summed E-state index contributed by atoms with van der Waals surface area (Å²) in [4.78, 5) is 22.5. The number of carbonyl (C=O) groups excluding carboxylic acids is 1. The molecular formula is C18H19ClN6O4. The number of aryl methyl sites for hydroxylation is 1. The summed E-state index contributed by atoms with van der Waals surface area (Å²) in [5.41, 5.74) is 2.06. The van der Waals surface area contributed by atoms with Gasteiger partial charge in [0.1, 0.15) is 11.4 Å². The van der Waals surface area contributed by atoms with Crippen molar-refractivity contribution in [1.82, 2.24) is 24.9 Å². The van der Waals surface area contributed by atoms with Gasteiger partial charge < -0.3 is 10.1 Å². The zero-order chi connectivity index (χ0) is 21.0. The molecule has 0 fully saturated rings. The Bertz CT molecular complexity index is 1040. The number of benzene rings is 1. The number of nitrogens with one attached hydrogen (secondary N) is 1. The van der Waals surface area contributed by atoms with Crippen LogP contribution in [-0.4, -0.2) is 30.4 Å². The van der Waals surface area contributed by atoms with Crippen molar-refractivity contribution in [2.75, 3.05) is 0 Å². The van der Waals surface area contributed by atoms with E-state index in [1.165, 1.54) is 22.9 Å². The SMILES string of the molecule is CCn1ncc(CNC(=O)c2ccn(COc3ccc([N+](=O)[O-])cc3Cl)n2)c1C. The Morgan fingerprint density at radius 3 is 2.83 bits per heavy atom. The summed E-state index contributed by atoms with van der Waals surface area (Å²) in [6.45, 7) is 5.07. The number of halogens is 1. The Morgan fingerprint density at radius 1 is 1.38 bits per heavy atom. The van der Waals surface area contributed by atoms with E-state index >= 15 is 0 Å². The van der Waals surface area contributed by atoms with E-state index in [-0.39, 0.29) is 34.8 Å². The highest BCUT2D eigenvalue weighted by atomic mass is 35.5. The molecule has 0 unspecified atom stereocenters. The Balaban J connectivity index is 1.56. The van der Waals surface area contributed by atoms with Crippen molar-refractivity contribution in [3.63, 3.8) is 0 Å². The van der Waals surface area contributed by atoms with Crippen LogP contribution in [0.15, 0.2) is 36.7 Å². The lowest BCUT2D eigenvalue weighted by atomic mass is 10.2. The number of hydrogen-bond acceptors (Lipinski definition) is 6. The fraction of sp³-hybridized carbons (Fsp3) is 0.278. The number of hydrogen-bond donors (Lipinski definition) is 1. The molecule has 2 heterocycles. The molecule has 1 N–H and O–H groups in total. The zero-order valence-electron chi connectivity index (χ0n) is 15.8. The predicted molar refractivity (Wildman–Crippen MR) is 105 cm³/mol. The number of rotatable bonds is 8. The van der Waals surface area contributed by atoms with Gasteiger partial charge in [0, 0.05) is 42.7 Å². The molecule has 152 valence electrons. The van der Waals surface area contributed by atoms with Gasteiger partial charge >= 0.3 is 0 Å². The number of ether oxygens (including phenoxy) is 1. The zero-order valence-corrected chi connectivity index (χ0v) is 16.6. The van der Waals surface area contributed by atoms with Crippen LogP contribution in [0.25, 0.3) is 0 Å². The summed E-state index contributed by atoms with van der Waals surface area (Å²) >= 11 is 5.99. The first-order valence-corrected chi connectivity index (χ1v) is 9.16. The van der Waals surface area contributed by atoms with E-state index in [1.807, 2.05) is 18.5 Å². The van der Waals surface area contributed by atoms with E-state index in [0.29, 0.717) is 6.54 Å². The van der Waals surface area contributed by atoms with Gasteiger partial charge in [-0.25, -0.2) is 4.68 Å². The van der Waals surface area contributed by atoms with E-state index in [1.54, 1.807) is 18.5 Å². The molecule has 0 bridgehead atoms. The molecule has 1 aromatic carbocycles. The number of nitro benzene ring substituents is 1. The summed E-state index contributed by atoms with van der Waals surface area (Å²) in [6, 6.07) is 5.49. The molecule has 0 spiro atoms. The molecule has 29 heavy (non-hydrogen) atoms. The number of amides is 1. The van der Waals surface area contributed by atoms with Crippen LogP contribution in [0.1, 0.15) is 28.7 Å². The van der Waals surface area contributed by atoms with Gasteiger partial charge in [0.15, 0.2) is 6.73 Å². The van der Waals surface area contributed by atoms with Crippen molar-refractivity contribution in [2.45, 2.75) is 33.7 Å². The van der Waals surface area contributed by atoms with Crippen LogP contribution in [0.5, 0.6) is 5.75 Å². The first kappa shape index (κ1) is 20.3. The highest BCUT2D eigenvalue weighted by Crippen LogP contribution is 2.28. The standard InChI is InChI=1S/C18H19ClN6O4/c1-3-24-12(2)13(10-21-24)9-20-18(26)16-6-7-23(22-16)11-29-17-5-4-14(25(27)28)8-15(17)19/h4-8,10H,3,9,11H2,1-2H3,(H,20,26). The summed E-state index contributed by atoms with van der Waals surface area (Å²) in [6.07, 6.45) is 3.33. The second-order valence-electron chi connectivity index (χ2n) is 6.14. The van der Waals surface area contributed by atoms with Crippen molar-refractivity contribution in [1.29, 1.82) is 0 Å². The Morgan fingerprint density at radius 2 is 2.17 bits per heavy atom. The Hall–Kier alpha value is -3.40. The summed E-state index contributed by atoms with van der Waals surface area (Å²) in [7, 11) is 0. The van der Waals surface area contributed by atoms with Crippen LogP contribution in [-0.2, 0) is 19.8 Å². The van der Waals surface area contributed by atoms with Crippen LogP contribution in [0.4, 0.5) is 5.69 Å². The largest absolute Gasteiger partial charge is 0.470 e. The van der Waals surface area contributed by atoms with Crippen LogP contribution in [0, 0.1) is 17.0 Å². The molecular weight excluding hydrogens is 400 g/mol. The van der Waals surface area contributed by atoms with Gasteiger partial charge in [0.25, 0.3) is 11.6 Å². The Kier molecular flexibility index (Phi) is 6.13. The first-order chi connectivity index (χ1) is 13.9. The predicted octanol–water partition coefficient (Wildman–Crippen LogP) is 2.94. The van der Waals surface area contributed by atoms with Crippen molar-refractivity contribution >= 4 is 23.2 Å². The topological polar surface area (TPSA) is 117 Å². The quantitative estimate of drug-likeness (QED) is 0.444. The lowest BCUT2D eigenvalue weighted by Crippen LogP contribution is -2.24. The van der Waals surface area contributed by atoms with E-state index in [4.69, 9.17) is 16.3 Å². The van der Waals surface area contributed by atoms with Gasteiger partial charge in [0.2, 0.25) is 0 Å². The molecule has 11 heteroatoms. The van der Waals surface area contributed by atoms with Crippen LogP contribution in [0.2, 0.25) is 5.02 Å². The molecule has 0 aliphatic heterocycles. The molecule has 0 aliphatic rings. The molecule has 0 saturated carbocycles. The fourth-order valence-corrected chi connectivity index (χ4v) is 2.88. The molecule has 10 nitrogen and oxygen atoms in total. The molecule has 0 radical (unpaired) electrons. The lowest BCUT2D eigenvalue weighted by molar-refractivity contribution is -0.384. The van der Waals surface area contributed by atoms with Crippen LogP contribution < -0.4 is 10.1 Å². The Labute approximate surface area is 171 Å². The van der Waals surface area contributed by atoms with Gasteiger partial charge in [-0.2, -0.15) is 10.2 Å². The summed E-state index contributed by atoms with van der Waals surface area (Å²) in [5, 5.41) is 22.1. The number of carbonyl (C=O) groups is 1. The van der Waals surface area contributed by atoms with Gasteiger partial charge in [0.05, 0.1) is 16.1 Å². The summed E-state index contributed by atoms with van der Waals surface area (Å²) < 4.78 is 8.80. The third kappa shape index (κ3) is 4.72. The average Bonchev–Trinajstić information content (AvgIpc) is 3.31. The number of non-ortho nitro benzene ring substituents is 1. The maximum atomic E-state index is 12.3. The van der Waals surface area contributed by atoms with Crippen molar-refractivity contribution in [2.24, 2.45) is 0 Å². The fourth-order valence-electron chi connectivity index (χ4n) is 2.65. The minimum Gasteiger partial charge on any atom is -0.470 e. The van der Waals surface area contributed by atoms with Crippen molar-refractivity contribution in [3.8, 4) is 5.75 Å². The number of nitrogens with zero attached hydrogens (tertiary/aromatic N) is 5. The maximum Gasteiger partial charge on any atom is 0.272 e. The first-order valence-electron chi connectivity index (χ1n) is 8.78. The minimum atomic E-state index is -0.539. The molecule has 0 atom stereocenters. The number of nitro groups is 1. The second kappa shape index (κ2) is 8.74. The van der Waals surface area contributed by atoms with Gasteiger partial charge in [-0.1, -0.05) is 11.6 Å². The molecule has 3 rings (SSSR count). The second-order valence-corrected chi connectivity index (χ2v) is 6.55. The third-order valence-corrected chi connectivity index (χ3v) is 4.59.